The Hall–Kier alpha value is -1.06. The predicted molar refractivity (Wildman–Crippen MR) is 79.9 cm³/mol. The largest absolute Gasteiger partial charge is 0.496 e. The number of rotatable bonds is 4. The van der Waals surface area contributed by atoms with Gasteiger partial charge in [-0.3, -0.25) is 0 Å². The summed E-state index contributed by atoms with van der Waals surface area (Å²) in [7, 11) is 3.79. The molecule has 0 radical (unpaired) electrons. The average Bonchev–Trinajstić information content (AvgIpc) is 2.40. The van der Waals surface area contributed by atoms with Crippen LogP contribution >= 0.6 is 0 Å². The number of aryl methyl sites for hydroxylation is 2. The van der Waals surface area contributed by atoms with Gasteiger partial charge in [0.2, 0.25) is 0 Å². The summed E-state index contributed by atoms with van der Waals surface area (Å²) in [6.45, 7) is 5.38. The van der Waals surface area contributed by atoms with Gasteiger partial charge in [0, 0.05) is 12.1 Å². The lowest BCUT2D eigenvalue weighted by atomic mass is 9.90. The van der Waals surface area contributed by atoms with Crippen molar-refractivity contribution in [1.29, 1.82) is 0 Å². The molecular formula is C16H26N2O. The zero-order valence-corrected chi connectivity index (χ0v) is 12.5. The highest BCUT2D eigenvalue weighted by molar-refractivity contribution is 5.44. The van der Waals surface area contributed by atoms with Gasteiger partial charge in [-0.05, 0) is 57.0 Å². The maximum Gasteiger partial charge on any atom is 0.124 e. The summed E-state index contributed by atoms with van der Waals surface area (Å²) in [6.07, 6.45) is 3.87. The first-order chi connectivity index (χ1) is 9.17. The van der Waals surface area contributed by atoms with Gasteiger partial charge in [0.1, 0.15) is 5.75 Å². The summed E-state index contributed by atoms with van der Waals surface area (Å²) in [6, 6.07) is 5.42. The molecule has 1 fully saturated rings. The van der Waals surface area contributed by atoms with Crippen LogP contribution in [0.15, 0.2) is 12.1 Å². The third-order valence-corrected chi connectivity index (χ3v) is 4.11. The van der Waals surface area contributed by atoms with E-state index < -0.39 is 0 Å². The van der Waals surface area contributed by atoms with Crippen molar-refractivity contribution in [3.63, 3.8) is 0 Å². The second kappa shape index (κ2) is 6.40. The first-order valence-corrected chi connectivity index (χ1v) is 7.23. The minimum absolute atomic E-state index is 0.378. The fourth-order valence-electron chi connectivity index (χ4n) is 3.25. The molecule has 19 heavy (non-hydrogen) atoms. The number of piperidine rings is 1. The van der Waals surface area contributed by atoms with Gasteiger partial charge in [0.05, 0.1) is 7.11 Å². The number of hydrogen-bond acceptors (Lipinski definition) is 3. The van der Waals surface area contributed by atoms with Gasteiger partial charge < -0.3 is 15.4 Å². The summed E-state index contributed by atoms with van der Waals surface area (Å²) in [5.74, 6) is 1.01. The zero-order chi connectivity index (χ0) is 13.8. The molecule has 1 aromatic rings. The van der Waals surface area contributed by atoms with Crippen LogP contribution in [0.1, 0.15) is 42.0 Å². The Labute approximate surface area is 116 Å². The summed E-state index contributed by atoms with van der Waals surface area (Å²) in [5.41, 5.74) is 3.79. The van der Waals surface area contributed by atoms with Crippen LogP contribution in [-0.4, -0.2) is 26.7 Å². The van der Waals surface area contributed by atoms with Crippen LogP contribution in [0.3, 0.4) is 0 Å². The van der Waals surface area contributed by atoms with Crippen molar-refractivity contribution in [1.82, 2.24) is 10.6 Å². The van der Waals surface area contributed by atoms with Crippen LogP contribution in [0, 0.1) is 13.8 Å². The molecule has 0 amide bonds. The fourth-order valence-corrected chi connectivity index (χ4v) is 3.25. The molecule has 2 rings (SSSR count). The Balaban J connectivity index is 2.27. The smallest absolute Gasteiger partial charge is 0.124 e. The number of likely N-dealkylation sites (N-methyl/N-ethyl adjacent to an activating group) is 1. The van der Waals surface area contributed by atoms with Gasteiger partial charge in [-0.2, -0.15) is 0 Å². The fraction of sp³-hybridized carbons (Fsp3) is 0.625. The number of nitrogens with one attached hydrogen (secondary N) is 2. The molecule has 0 spiro atoms. The molecule has 1 heterocycles. The first-order valence-electron chi connectivity index (χ1n) is 7.23. The van der Waals surface area contributed by atoms with E-state index in [9.17, 15) is 0 Å². The Morgan fingerprint density at radius 3 is 2.42 bits per heavy atom. The van der Waals surface area contributed by atoms with Crippen molar-refractivity contribution in [2.45, 2.75) is 45.2 Å². The normalized spacial score (nSPS) is 21.2. The predicted octanol–water partition coefficient (Wildman–Crippen LogP) is 2.71. The molecular weight excluding hydrogens is 236 g/mol. The third-order valence-electron chi connectivity index (χ3n) is 4.11. The molecule has 3 nitrogen and oxygen atoms in total. The summed E-state index contributed by atoms with van der Waals surface area (Å²) < 4.78 is 5.45. The van der Waals surface area contributed by atoms with E-state index in [0.29, 0.717) is 12.1 Å². The highest BCUT2D eigenvalue weighted by atomic mass is 16.5. The Morgan fingerprint density at radius 1 is 1.26 bits per heavy atom. The van der Waals surface area contributed by atoms with Crippen LogP contribution in [0.2, 0.25) is 0 Å². The SMILES string of the molecule is CNC(c1cc(C)c(OC)c(C)c1)C1CCCCN1. The van der Waals surface area contributed by atoms with E-state index in [0.717, 1.165) is 12.3 Å². The summed E-state index contributed by atoms with van der Waals surface area (Å²) >= 11 is 0. The molecule has 2 atom stereocenters. The van der Waals surface area contributed by atoms with Gasteiger partial charge >= 0.3 is 0 Å². The molecule has 0 saturated carbocycles. The van der Waals surface area contributed by atoms with E-state index >= 15 is 0 Å². The summed E-state index contributed by atoms with van der Waals surface area (Å²) in [5, 5.41) is 7.12. The van der Waals surface area contributed by atoms with Crippen molar-refractivity contribution in [2.24, 2.45) is 0 Å². The second-order valence-electron chi connectivity index (χ2n) is 5.51. The quantitative estimate of drug-likeness (QED) is 0.875. The number of methoxy groups -OCH3 is 1. The van der Waals surface area contributed by atoms with Gasteiger partial charge in [0.25, 0.3) is 0 Å². The zero-order valence-electron chi connectivity index (χ0n) is 12.5. The van der Waals surface area contributed by atoms with Gasteiger partial charge in [-0.1, -0.05) is 18.6 Å². The molecule has 2 unspecified atom stereocenters. The van der Waals surface area contributed by atoms with E-state index in [1.807, 2.05) is 0 Å². The number of hydrogen-bond donors (Lipinski definition) is 2. The highest BCUT2D eigenvalue weighted by Crippen LogP contribution is 2.30. The third kappa shape index (κ3) is 3.10. The van der Waals surface area contributed by atoms with Crippen LogP contribution in [0.5, 0.6) is 5.75 Å². The molecule has 1 saturated heterocycles. The maximum atomic E-state index is 5.45. The maximum absolute atomic E-state index is 5.45. The molecule has 0 aliphatic carbocycles. The Morgan fingerprint density at radius 2 is 1.95 bits per heavy atom. The lowest BCUT2D eigenvalue weighted by Crippen LogP contribution is -2.43. The standard InChI is InChI=1S/C16H26N2O/c1-11-9-13(10-12(2)16(11)19-4)15(17-3)14-7-5-6-8-18-14/h9-10,14-15,17-18H,5-8H2,1-4H3. The molecule has 1 aliphatic heterocycles. The van der Waals surface area contributed by atoms with Crippen molar-refractivity contribution in [2.75, 3.05) is 20.7 Å². The Bertz CT molecular complexity index is 402. The van der Waals surface area contributed by atoms with E-state index in [1.54, 1.807) is 7.11 Å². The van der Waals surface area contributed by atoms with Gasteiger partial charge in [0.15, 0.2) is 0 Å². The average molecular weight is 262 g/mol. The lowest BCUT2D eigenvalue weighted by molar-refractivity contribution is 0.326. The molecule has 3 heteroatoms. The summed E-state index contributed by atoms with van der Waals surface area (Å²) in [4.78, 5) is 0. The number of ether oxygens (including phenoxy) is 1. The van der Waals surface area contributed by atoms with Crippen molar-refractivity contribution in [3.8, 4) is 5.75 Å². The van der Waals surface area contributed by atoms with Crippen LogP contribution < -0.4 is 15.4 Å². The van der Waals surface area contributed by atoms with Crippen molar-refractivity contribution < 1.29 is 4.74 Å². The minimum atomic E-state index is 0.378. The molecule has 0 aromatic heterocycles. The van der Waals surface area contributed by atoms with E-state index in [4.69, 9.17) is 4.74 Å². The molecule has 106 valence electrons. The molecule has 1 aromatic carbocycles. The monoisotopic (exact) mass is 262 g/mol. The van der Waals surface area contributed by atoms with Gasteiger partial charge in [-0.15, -0.1) is 0 Å². The molecule has 1 aliphatic rings. The second-order valence-corrected chi connectivity index (χ2v) is 5.51. The van der Waals surface area contributed by atoms with Crippen LogP contribution in [0.4, 0.5) is 0 Å². The van der Waals surface area contributed by atoms with E-state index in [2.05, 4.69) is 43.7 Å². The van der Waals surface area contributed by atoms with Gasteiger partial charge in [-0.25, -0.2) is 0 Å². The first kappa shape index (κ1) is 14.4. The van der Waals surface area contributed by atoms with E-state index in [1.165, 1.54) is 36.0 Å². The highest BCUT2D eigenvalue weighted by Gasteiger charge is 2.24. The lowest BCUT2D eigenvalue weighted by Gasteiger charge is -2.32. The topological polar surface area (TPSA) is 33.3 Å². The molecule has 0 bridgehead atoms. The number of benzene rings is 1. The van der Waals surface area contributed by atoms with Crippen LogP contribution in [-0.2, 0) is 0 Å². The Kier molecular flexibility index (Phi) is 4.83. The van der Waals surface area contributed by atoms with Crippen molar-refractivity contribution in [3.05, 3.63) is 28.8 Å². The minimum Gasteiger partial charge on any atom is -0.496 e. The molecule has 2 N–H and O–H groups in total. The van der Waals surface area contributed by atoms with Crippen LogP contribution in [0.25, 0.3) is 0 Å². The van der Waals surface area contributed by atoms with Crippen molar-refractivity contribution >= 4 is 0 Å². The van der Waals surface area contributed by atoms with E-state index in [-0.39, 0.29) is 0 Å².